The van der Waals surface area contributed by atoms with Crippen LogP contribution in [0.3, 0.4) is 0 Å². The van der Waals surface area contributed by atoms with Crippen molar-refractivity contribution >= 4 is 17.7 Å². The Labute approximate surface area is 221 Å². The van der Waals surface area contributed by atoms with Crippen LogP contribution < -0.4 is 15.5 Å². The zero-order valence-electron chi connectivity index (χ0n) is 20.9. The molecule has 1 fully saturated rings. The smallest absolute Gasteiger partial charge is 0.414 e. The van der Waals surface area contributed by atoms with Crippen LogP contribution in [-0.2, 0) is 22.6 Å². The number of rotatable bonds is 9. The van der Waals surface area contributed by atoms with E-state index in [4.69, 9.17) is 4.74 Å². The number of carbonyl (C=O) groups is 2. The molecule has 0 bridgehead atoms. The molecule has 1 aromatic heterocycles. The maximum Gasteiger partial charge on any atom is 0.414 e. The summed E-state index contributed by atoms with van der Waals surface area (Å²) in [6.07, 6.45) is 0.792. The Balaban J connectivity index is 0.00000353. The molecular formula is C29H30FN5O3. The molecule has 9 heteroatoms. The number of ether oxygens (including phenoxy) is 1. The van der Waals surface area contributed by atoms with Crippen molar-refractivity contribution in [2.45, 2.75) is 26.1 Å². The van der Waals surface area contributed by atoms with Crippen LogP contribution in [0.1, 0.15) is 19.6 Å². The fourth-order valence-corrected chi connectivity index (χ4v) is 4.34. The molecule has 0 unspecified atom stereocenters. The van der Waals surface area contributed by atoms with Crippen molar-refractivity contribution in [2.75, 3.05) is 18.0 Å². The highest BCUT2D eigenvalue weighted by Gasteiger charge is 2.32. The number of hydrogen-bond acceptors (Lipinski definition) is 5. The van der Waals surface area contributed by atoms with Crippen molar-refractivity contribution in [3.8, 4) is 22.5 Å². The Morgan fingerprint density at radius 3 is 2.63 bits per heavy atom. The quantitative estimate of drug-likeness (QED) is 0.295. The average Bonchev–Trinajstić information content (AvgIpc) is 3.55. The summed E-state index contributed by atoms with van der Waals surface area (Å²) in [5, 5.41) is 6.03. The van der Waals surface area contributed by atoms with Gasteiger partial charge in [0.2, 0.25) is 5.91 Å². The van der Waals surface area contributed by atoms with Crippen molar-refractivity contribution in [3.63, 3.8) is 0 Å². The summed E-state index contributed by atoms with van der Waals surface area (Å²) >= 11 is 0. The van der Waals surface area contributed by atoms with Gasteiger partial charge in [-0.15, -0.1) is 0 Å². The van der Waals surface area contributed by atoms with Crippen molar-refractivity contribution < 1.29 is 20.1 Å². The minimum atomic E-state index is -0.559. The molecule has 0 saturated carbocycles. The topological polar surface area (TPSA) is 99.4 Å². The molecular weight excluding hydrogens is 485 g/mol. The molecule has 196 valence electrons. The Bertz CT molecular complexity index is 1430. The second-order valence-corrected chi connectivity index (χ2v) is 9.14. The minimum absolute atomic E-state index is 0. The molecule has 3 aromatic carbocycles. The number of benzene rings is 3. The van der Waals surface area contributed by atoms with Crippen molar-refractivity contribution in [1.29, 1.82) is 0 Å². The van der Waals surface area contributed by atoms with Gasteiger partial charge in [-0.1, -0.05) is 54.6 Å². The molecule has 0 aliphatic carbocycles. The highest BCUT2D eigenvalue weighted by Crippen LogP contribution is 2.29. The molecule has 2 heterocycles. The molecule has 3 N–H and O–H groups in total. The van der Waals surface area contributed by atoms with Gasteiger partial charge in [0.25, 0.3) is 0 Å². The number of carbonyl (C=O) groups excluding carboxylic acids is 2. The Hall–Kier alpha value is -4.50. The Morgan fingerprint density at radius 1 is 1.11 bits per heavy atom. The monoisotopic (exact) mass is 515 g/mol. The largest absolute Gasteiger partial charge is 0.442 e. The normalized spacial score (nSPS) is 14.9. The second kappa shape index (κ2) is 11.3. The van der Waals surface area contributed by atoms with Crippen LogP contribution in [0.5, 0.6) is 0 Å². The highest BCUT2D eigenvalue weighted by atomic mass is 19.1. The van der Waals surface area contributed by atoms with Gasteiger partial charge in [-0.3, -0.25) is 9.69 Å². The number of aromatic amines is 1. The van der Waals surface area contributed by atoms with Crippen LogP contribution in [0.15, 0.2) is 79.0 Å². The standard InChI is InChI=1S/C29H28FN5O3.H2/c1-19(36)32-17-25-18-35(29(37)38-25)24-11-12-26(27(30)13-24)21-9-7-20(8-10-21)14-31-15-23-16-33-28(34-23)22-5-3-2-4-6-22;/h2-13,16,25,31H,14-15,17-18H2,1H3,(H,32,36)(H,33,34);1H/t25-;/m0./s1. The van der Waals surface area contributed by atoms with Crippen LogP contribution in [0, 0.1) is 5.82 Å². The van der Waals surface area contributed by atoms with Gasteiger partial charge in [0, 0.05) is 44.5 Å². The Morgan fingerprint density at radius 2 is 1.89 bits per heavy atom. The van der Waals surface area contributed by atoms with Crippen molar-refractivity contribution in [1.82, 2.24) is 20.6 Å². The first-order valence-corrected chi connectivity index (χ1v) is 12.4. The van der Waals surface area contributed by atoms with Crippen LogP contribution in [0.4, 0.5) is 14.9 Å². The van der Waals surface area contributed by atoms with Crippen LogP contribution >= 0.6 is 0 Å². The SMILES string of the molecule is CC(=O)NC[C@H]1CN(c2ccc(-c3ccc(CNCc4cnc(-c5ccccc5)[nH]4)cc3)c(F)c2)C(=O)O1.[HH]. The van der Waals surface area contributed by atoms with Gasteiger partial charge >= 0.3 is 6.09 Å². The number of aromatic nitrogens is 2. The van der Waals surface area contributed by atoms with Crippen molar-refractivity contribution in [3.05, 3.63) is 96.1 Å². The molecule has 38 heavy (non-hydrogen) atoms. The van der Waals surface area contributed by atoms with E-state index in [1.54, 1.807) is 12.1 Å². The van der Waals surface area contributed by atoms with E-state index in [0.29, 0.717) is 24.3 Å². The lowest BCUT2D eigenvalue weighted by atomic mass is 10.0. The van der Waals surface area contributed by atoms with E-state index in [-0.39, 0.29) is 20.4 Å². The molecule has 4 aromatic rings. The third-order valence-electron chi connectivity index (χ3n) is 6.30. The average molecular weight is 516 g/mol. The molecule has 1 atom stereocenters. The summed E-state index contributed by atoms with van der Waals surface area (Å²) in [5.74, 6) is 0.207. The summed E-state index contributed by atoms with van der Waals surface area (Å²) in [6, 6.07) is 22.3. The molecule has 1 saturated heterocycles. The van der Waals surface area contributed by atoms with Gasteiger partial charge in [-0.05, 0) is 29.3 Å². The number of nitrogens with one attached hydrogen (secondary N) is 3. The van der Waals surface area contributed by atoms with Gasteiger partial charge in [-0.25, -0.2) is 14.2 Å². The predicted octanol–water partition coefficient (Wildman–Crippen LogP) is 4.88. The molecule has 8 nitrogen and oxygen atoms in total. The van der Waals surface area contributed by atoms with Crippen LogP contribution in [-0.4, -0.2) is 41.2 Å². The van der Waals surface area contributed by atoms with E-state index in [1.165, 1.54) is 17.9 Å². The number of amides is 2. The maximum atomic E-state index is 15.0. The van der Waals surface area contributed by atoms with E-state index in [0.717, 1.165) is 28.2 Å². The van der Waals surface area contributed by atoms with Gasteiger partial charge in [0.1, 0.15) is 17.7 Å². The lowest BCUT2D eigenvalue weighted by Crippen LogP contribution is -2.33. The number of H-pyrrole nitrogens is 1. The number of imidazole rings is 1. The molecule has 0 radical (unpaired) electrons. The van der Waals surface area contributed by atoms with E-state index in [1.807, 2.05) is 60.8 Å². The van der Waals surface area contributed by atoms with E-state index < -0.39 is 18.0 Å². The summed E-state index contributed by atoms with van der Waals surface area (Å²) in [5.41, 5.74) is 4.70. The molecule has 5 rings (SSSR count). The van der Waals surface area contributed by atoms with E-state index >= 15 is 4.39 Å². The zero-order valence-corrected chi connectivity index (χ0v) is 20.9. The van der Waals surface area contributed by atoms with E-state index in [2.05, 4.69) is 20.6 Å². The lowest BCUT2D eigenvalue weighted by molar-refractivity contribution is -0.119. The molecule has 2 amide bonds. The zero-order chi connectivity index (χ0) is 26.5. The first-order valence-electron chi connectivity index (χ1n) is 12.4. The summed E-state index contributed by atoms with van der Waals surface area (Å²) in [7, 11) is 0. The summed E-state index contributed by atoms with van der Waals surface area (Å²) in [4.78, 5) is 32.5. The first kappa shape index (κ1) is 25.2. The van der Waals surface area contributed by atoms with Gasteiger partial charge in [0.05, 0.1) is 18.8 Å². The molecule has 1 aliphatic rings. The van der Waals surface area contributed by atoms with E-state index in [9.17, 15) is 9.59 Å². The number of cyclic esters (lactones) is 1. The van der Waals surface area contributed by atoms with Crippen molar-refractivity contribution in [2.24, 2.45) is 0 Å². The Kier molecular flexibility index (Phi) is 7.46. The predicted molar refractivity (Wildman–Crippen MR) is 145 cm³/mol. The fourth-order valence-electron chi connectivity index (χ4n) is 4.34. The van der Waals surface area contributed by atoms with Gasteiger partial charge in [0.15, 0.2) is 0 Å². The lowest BCUT2D eigenvalue weighted by Gasteiger charge is -2.15. The first-order chi connectivity index (χ1) is 18.5. The number of anilines is 1. The molecule has 0 spiro atoms. The number of hydrogen-bond donors (Lipinski definition) is 3. The third kappa shape index (κ3) is 5.90. The van der Waals surface area contributed by atoms with Gasteiger partial charge in [-0.2, -0.15) is 0 Å². The van der Waals surface area contributed by atoms with Gasteiger partial charge < -0.3 is 20.4 Å². The maximum absolute atomic E-state index is 15.0. The summed E-state index contributed by atoms with van der Waals surface area (Å²) < 4.78 is 20.3. The minimum Gasteiger partial charge on any atom is -0.442 e. The number of nitrogens with zero attached hydrogens (tertiary/aromatic N) is 2. The summed E-state index contributed by atoms with van der Waals surface area (Å²) in [6.45, 7) is 3.15. The van der Waals surface area contributed by atoms with Crippen LogP contribution in [0.25, 0.3) is 22.5 Å². The number of halogens is 1. The third-order valence-corrected chi connectivity index (χ3v) is 6.30. The second-order valence-electron chi connectivity index (χ2n) is 9.14. The fraction of sp³-hybridized carbons (Fsp3) is 0.207. The molecule has 1 aliphatic heterocycles. The highest BCUT2D eigenvalue weighted by molar-refractivity contribution is 5.90. The van der Waals surface area contributed by atoms with Crippen LogP contribution in [0.2, 0.25) is 0 Å².